The molecule has 90 valence electrons. The molecule has 1 aliphatic heterocycles. The van der Waals surface area contributed by atoms with E-state index in [4.69, 9.17) is 10.5 Å². The lowest BCUT2D eigenvalue weighted by Gasteiger charge is -2.04. The van der Waals surface area contributed by atoms with Crippen LogP contribution in [0.2, 0.25) is 0 Å². The van der Waals surface area contributed by atoms with Gasteiger partial charge in [0.05, 0.1) is 12.7 Å². The van der Waals surface area contributed by atoms with Crippen LogP contribution in [0.15, 0.2) is 48.5 Å². The molecule has 1 aliphatic rings. The topological polar surface area (TPSA) is 38.3 Å². The molecule has 3 rings (SSSR count). The summed E-state index contributed by atoms with van der Waals surface area (Å²) in [6.07, 6.45) is 0. The molecule has 3 heteroatoms. The smallest absolute Gasteiger partial charge is 0.280 e. The Morgan fingerprint density at radius 1 is 1.06 bits per heavy atom. The number of hydrogen-bond acceptors (Lipinski definition) is 2. The van der Waals surface area contributed by atoms with E-state index in [1.165, 1.54) is 5.56 Å². The molecule has 0 aromatic heterocycles. The zero-order chi connectivity index (χ0) is 12.5. The maximum Gasteiger partial charge on any atom is 0.280 e. The van der Waals surface area contributed by atoms with Crippen molar-refractivity contribution in [3.8, 4) is 5.75 Å². The Kier molecular flexibility index (Phi) is 2.52. The summed E-state index contributed by atoms with van der Waals surface area (Å²) < 4.78 is 7.28. The minimum Gasteiger partial charge on any atom is -0.497 e. The van der Waals surface area contributed by atoms with Crippen LogP contribution in [-0.2, 0) is 6.54 Å². The van der Waals surface area contributed by atoms with Gasteiger partial charge in [-0.15, -0.1) is 0 Å². The molecule has 3 nitrogen and oxygen atoms in total. The number of benzene rings is 2. The van der Waals surface area contributed by atoms with E-state index in [1.54, 1.807) is 7.11 Å². The molecule has 0 bridgehead atoms. The van der Waals surface area contributed by atoms with Gasteiger partial charge in [-0.1, -0.05) is 18.2 Å². The van der Waals surface area contributed by atoms with E-state index in [2.05, 4.69) is 16.7 Å². The zero-order valence-electron chi connectivity index (χ0n) is 10.3. The highest BCUT2D eigenvalue weighted by atomic mass is 16.5. The lowest BCUT2D eigenvalue weighted by molar-refractivity contribution is -0.453. The van der Waals surface area contributed by atoms with Crippen molar-refractivity contribution in [2.24, 2.45) is 5.73 Å². The number of rotatable bonds is 2. The number of nitrogens with zero attached hydrogens (tertiary/aromatic N) is 1. The molecule has 0 fully saturated rings. The first-order valence-electron chi connectivity index (χ1n) is 5.92. The summed E-state index contributed by atoms with van der Waals surface area (Å²) in [5.41, 5.74) is 9.69. The van der Waals surface area contributed by atoms with Crippen LogP contribution in [0.1, 0.15) is 11.1 Å². The van der Waals surface area contributed by atoms with Crippen LogP contribution in [0.25, 0.3) is 0 Å². The van der Waals surface area contributed by atoms with Crippen molar-refractivity contribution in [1.82, 2.24) is 0 Å². The average molecular weight is 239 g/mol. The molecule has 2 aromatic rings. The van der Waals surface area contributed by atoms with Crippen molar-refractivity contribution in [2.45, 2.75) is 6.54 Å². The van der Waals surface area contributed by atoms with Crippen LogP contribution in [0.4, 0.5) is 5.69 Å². The summed E-state index contributed by atoms with van der Waals surface area (Å²) >= 11 is 0. The first-order chi connectivity index (χ1) is 8.79. The fourth-order valence-corrected chi connectivity index (χ4v) is 2.30. The second-order valence-electron chi connectivity index (χ2n) is 4.33. The van der Waals surface area contributed by atoms with E-state index in [0.29, 0.717) is 0 Å². The molecule has 18 heavy (non-hydrogen) atoms. The Bertz CT molecular complexity index is 615. The van der Waals surface area contributed by atoms with E-state index in [0.717, 1.165) is 29.4 Å². The maximum absolute atomic E-state index is 6.20. The molecular weight excluding hydrogens is 224 g/mol. The molecule has 0 unspecified atom stereocenters. The summed E-state index contributed by atoms with van der Waals surface area (Å²) in [7, 11) is 1.67. The third-order valence-corrected chi connectivity index (χ3v) is 3.30. The van der Waals surface area contributed by atoms with Crippen molar-refractivity contribution in [2.75, 3.05) is 7.11 Å². The molecular formula is C15H15N2O+. The number of methoxy groups -OCH3 is 1. The SMILES string of the molecule is COc1ccc([N+]2=C(N)c3ccccc3C2)cc1. The Morgan fingerprint density at radius 2 is 1.78 bits per heavy atom. The highest BCUT2D eigenvalue weighted by Crippen LogP contribution is 2.25. The number of hydrogen-bond donors (Lipinski definition) is 1. The first-order valence-corrected chi connectivity index (χ1v) is 5.92. The van der Waals surface area contributed by atoms with E-state index in [-0.39, 0.29) is 0 Å². The van der Waals surface area contributed by atoms with Gasteiger partial charge in [0.1, 0.15) is 18.0 Å². The highest BCUT2D eigenvalue weighted by molar-refractivity contribution is 5.97. The van der Waals surface area contributed by atoms with Gasteiger partial charge in [0.25, 0.3) is 5.84 Å². The van der Waals surface area contributed by atoms with Crippen LogP contribution in [0.3, 0.4) is 0 Å². The molecule has 2 N–H and O–H groups in total. The predicted molar refractivity (Wildman–Crippen MR) is 71.4 cm³/mol. The van der Waals surface area contributed by atoms with E-state index >= 15 is 0 Å². The number of amidine groups is 1. The number of ether oxygens (including phenoxy) is 1. The number of fused-ring (bicyclic) bond motifs is 1. The van der Waals surface area contributed by atoms with Crippen LogP contribution >= 0.6 is 0 Å². The van der Waals surface area contributed by atoms with E-state index in [9.17, 15) is 0 Å². The van der Waals surface area contributed by atoms with Gasteiger partial charge in [-0.2, -0.15) is 0 Å². The van der Waals surface area contributed by atoms with Gasteiger partial charge < -0.3 is 4.74 Å². The van der Waals surface area contributed by atoms with Crippen LogP contribution in [0, 0.1) is 0 Å². The molecule has 0 spiro atoms. The zero-order valence-corrected chi connectivity index (χ0v) is 10.3. The van der Waals surface area contributed by atoms with Crippen molar-refractivity contribution in [3.05, 3.63) is 59.7 Å². The van der Waals surface area contributed by atoms with E-state index in [1.807, 2.05) is 36.4 Å². The monoisotopic (exact) mass is 239 g/mol. The van der Waals surface area contributed by atoms with Crippen LogP contribution in [0.5, 0.6) is 5.75 Å². The molecule has 0 amide bonds. The lowest BCUT2D eigenvalue weighted by Crippen LogP contribution is -2.19. The normalized spacial score (nSPS) is 13.6. The average Bonchev–Trinajstić information content (AvgIpc) is 2.77. The van der Waals surface area contributed by atoms with Gasteiger partial charge in [-0.25, -0.2) is 4.58 Å². The summed E-state index contributed by atoms with van der Waals surface area (Å²) in [4.78, 5) is 0. The standard InChI is InChI=1S/C15H14N2O/c1-18-13-8-6-12(7-9-13)17-10-11-4-2-3-5-14(11)15(17)16/h2-9,16H,10H2,1H3/p+1. The van der Waals surface area contributed by atoms with Crippen molar-refractivity contribution in [3.63, 3.8) is 0 Å². The second kappa shape index (κ2) is 4.18. The van der Waals surface area contributed by atoms with Gasteiger partial charge in [0, 0.05) is 5.56 Å². The van der Waals surface area contributed by atoms with Gasteiger partial charge in [-0.3, -0.25) is 5.73 Å². The van der Waals surface area contributed by atoms with Crippen molar-refractivity contribution in [1.29, 1.82) is 0 Å². The quantitative estimate of drug-likeness (QED) is 0.816. The van der Waals surface area contributed by atoms with Crippen molar-refractivity contribution >= 4 is 11.5 Å². The summed E-state index contributed by atoms with van der Waals surface area (Å²) in [6, 6.07) is 16.2. The Labute approximate surface area is 106 Å². The molecule has 0 saturated heterocycles. The molecule has 0 atom stereocenters. The second-order valence-corrected chi connectivity index (χ2v) is 4.33. The molecule has 1 heterocycles. The van der Waals surface area contributed by atoms with E-state index < -0.39 is 0 Å². The molecule has 2 aromatic carbocycles. The fourth-order valence-electron chi connectivity index (χ4n) is 2.30. The van der Waals surface area contributed by atoms with Gasteiger partial charge in [-0.05, 0) is 30.3 Å². The maximum atomic E-state index is 6.20. The predicted octanol–water partition coefficient (Wildman–Crippen LogP) is 2.26. The molecule has 0 radical (unpaired) electrons. The molecule has 0 aliphatic carbocycles. The van der Waals surface area contributed by atoms with Gasteiger partial charge >= 0.3 is 0 Å². The van der Waals surface area contributed by atoms with Crippen LogP contribution in [-0.4, -0.2) is 17.5 Å². The van der Waals surface area contributed by atoms with Gasteiger partial charge in [0.15, 0.2) is 0 Å². The summed E-state index contributed by atoms with van der Waals surface area (Å²) in [5.74, 6) is 1.67. The van der Waals surface area contributed by atoms with Crippen LogP contribution < -0.4 is 10.5 Å². The number of nitrogens with two attached hydrogens (primary N) is 1. The summed E-state index contributed by atoms with van der Waals surface area (Å²) in [5, 5.41) is 0. The largest absolute Gasteiger partial charge is 0.497 e. The molecule has 0 saturated carbocycles. The third kappa shape index (κ3) is 1.64. The van der Waals surface area contributed by atoms with Gasteiger partial charge in [0.2, 0.25) is 0 Å². The Balaban J connectivity index is 2.01. The highest BCUT2D eigenvalue weighted by Gasteiger charge is 2.25. The van der Waals surface area contributed by atoms with Crippen molar-refractivity contribution < 1.29 is 9.31 Å². The third-order valence-electron chi connectivity index (χ3n) is 3.30. The lowest BCUT2D eigenvalue weighted by atomic mass is 10.1. The Hall–Kier alpha value is -2.29. The summed E-state index contributed by atoms with van der Waals surface area (Å²) in [6.45, 7) is 0.828. The minimum absolute atomic E-state index is 0.816. The fraction of sp³-hybridized carbons (Fsp3) is 0.133. The first kappa shape index (κ1) is 10.8. The minimum atomic E-state index is 0.816. The Morgan fingerprint density at radius 3 is 2.44 bits per heavy atom.